The van der Waals surface area contributed by atoms with Crippen molar-refractivity contribution in [3.8, 4) is 11.5 Å². The number of rotatable bonds is 2. The molecule has 0 fully saturated rings. The Hall–Kier alpha value is -3.03. The molecule has 0 radical (unpaired) electrons. The Labute approximate surface area is 161 Å². The lowest BCUT2D eigenvalue weighted by atomic mass is 9.77. The second-order valence-corrected chi connectivity index (χ2v) is 6.19. The van der Waals surface area contributed by atoms with Crippen molar-refractivity contribution < 1.29 is 30.3 Å². The highest BCUT2D eigenvalue weighted by atomic mass is 16.4. The van der Waals surface area contributed by atoms with Crippen molar-refractivity contribution in [1.82, 2.24) is 0 Å². The number of hydrogen-bond donors (Lipinski definition) is 6. The third-order valence-corrected chi connectivity index (χ3v) is 4.43. The van der Waals surface area contributed by atoms with Gasteiger partial charge in [-0.3, -0.25) is 0 Å². The number of hydrogen-bond acceptors (Lipinski definition) is 6. The highest BCUT2D eigenvalue weighted by molar-refractivity contribution is 6.62. The third kappa shape index (κ3) is 3.95. The molecule has 0 atom stereocenters. The van der Waals surface area contributed by atoms with E-state index in [1.807, 2.05) is 0 Å². The van der Waals surface area contributed by atoms with E-state index in [2.05, 4.69) is 0 Å². The van der Waals surface area contributed by atoms with Crippen LogP contribution in [0.3, 0.4) is 0 Å². The van der Waals surface area contributed by atoms with Crippen LogP contribution in [0, 0.1) is 0 Å². The molecule has 4 aromatic carbocycles. The molecule has 4 aromatic rings. The van der Waals surface area contributed by atoms with Gasteiger partial charge in [-0.25, -0.2) is 0 Å². The van der Waals surface area contributed by atoms with Gasteiger partial charge in [0.2, 0.25) is 0 Å². The first-order valence-electron chi connectivity index (χ1n) is 8.53. The molecule has 28 heavy (non-hydrogen) atoms. The molecule has 6 nitrogen and oxygen atoms in total. The second-order valence-electron chi connectivity index (χ2n) is 6.19. The van der Waals surface area contributed by atoms with E-state index in [0.717, 1.165) is 0 Å². The predicted molar refractivity (Wildman–Crippen MR) is 111 cm³/mol. The summed E-state index contributed by atoms with van der Waals surface area (Å²) in [6.07, 6.45) is 0. The van der Waals surface area contributed by atoms with Gasteiger partial charge in [0.25, 0.3) is 0 Å². The molecule has 0 heterocycles. The summed E-state index contributed by atoms with van der Waals surface area (Å²) in [7, 11) is -3.03. The molecule has 140 valence electrons. The first-order valence-corrected chi connectivity index (χ1v) is 8.53. The molecule has 0 spiro atoms. The van der Waals surface area contributed by atoms with Crippen LogP contribution in [-0.2, 0) is 0 Å². The fourth-order valence-electron chi connectivity index (χ4n) is 3.06. The summed E-state index contributed by atoms with van der Waals surface area (Å²) in [6.45, 7) is 0. The maximum absolute atomic E-state index is 9.51. The molecule has 0 aliphatic rings. The summed E-state index contributed by atoms with van der Waals surface area (Å²) in [4.78, 5) is 0. The molecule has 0 aromatic heterocycles. The molecule has 6 N–H and O–H groups in total. The molecule has 0 aliphatic carbocycles. The predicted octanol–water partition coefficient (Wildman–Crippen LogP) is 0.450. The van der Waals surface area contributed by atoms with Gasteiger partial charge in [0, 0.05) is 10.8 Å². The number of fused-ring (bicyclic) bond motifs is 2. The summed E-state index contributed by atoms with van der Waals surface area (Å²) in [5.74, 6) is 0.287. The van der Waals surface area contributed by atoms with Gasteiger partial charge in [-0.2, -0.15) is 0 Å². The van der Waals surface area contributed by atoms with E-state index in [-0.39, 0.29) is 11.5 Å². The summed E-state index contributed by atoms with van der Waals surface area (Å²) in [5.41, 5.74) is 0.803. The van der Waals surface area contributed by atoms with Crippen molar-refractivity contribution in [2.24, 2.45) is 0 Å². The van der Waals surface area contributed by atoms with Gasteiger partial charge in [-0.1, -0.05) is 60.7 Å². The second kappa shape index (κ2) is 8.33. The van der Waals surface area contributed by atoms with Gasteiger partial charge in [-0.15, -0.1) is 0 Å². The third-order valence-electron chi connectivity index (χ3n) is 4.43. The number of phenolic OH excluding ortho intramolecular Hbond substituents is 2. The quantitative estimate of drug-likeness (QED) is 0.283. The Bertz CT molecular complexity index is 1020. The molecule has 0 saturated carbocycles. The Morgan fingerprint density at radius 3 is 1.07 bits per heavy atom. The van der Waals surface area contributed by atoms with Gasteiger partial charge < -0.3 is 30.3 Å². The van der Waals surface area contributed by atoms with Crippen molar-refractivity contribution >= 4 is 46.7 Å². The Morgan fingerprint density at radius 1 is 0.429 bits per heavy atom. The first kappa shape index (κ1) is 19.7. The molecule has 0 aliphatic heterocycles. The minimum Gasteiger partial charge on any atom is -0.507 e. The average Bonchev–Trinajstić information content (AvgIpc) is 2.69. The average molecular weight is 376 g/mol. The zero-order valence-corrected chi connectivity index (χ0v) is 14.8. The number of phenols is 2. The molecule has 8 heteroatoms. The maximum atomic E-state index is 9.51. The van der Waals surface area contributed by atoms with Crippen LogP contribution >= 0.6 is 0 Å². The summed E-state index contributed by atoms with van der Waals surface area (Å²) in [5, 5.41) is 57.9. The lowest BCUT2D eigenvalue weighted by molar-refractivity contribution is 0.425. The van der Waals surface area contributed by atoms with E-state index in [9.17, 15) is 10.2 Å². The van der Waals surface area contributed by atoms with Crippen LogP contribution in [0.15, 0.2) is 72.8 Å². The lowest BCUT2D eigenvalue weighted by Crippen LogP contribution is -2.30. The highest BCUT2D eigenvalue weighted by Gasteiger charge is 2.16. The van der Waals surface area contributed by atoms with Crippen LogP contribution < -0.4 is 10.9 Å². The van der Waals surface area contributed by atoms with Gasteiger partial charge in [0.15, 0.2) is 0 Å². The normalized spacial score (nSPS) is 10.4. The minimum absolute atomic E-state index is 0.144. The highest BCUT2D eigenvalue weighted by Crippen LogP contribution is 2.23. The van der Waals surface area contributed by atoms with Crippen molar-refractivity contribution in [2.75, 3.05) is 0 Å². The minimum atomic E-state index is -1.51. The smallest absolute Gasteiger partial charge is 0.489 e. The van der Waals surface area contributed by atoms with E-state index in [1.165, 1.54) is 24.3 Å². The van der Waals surface area contributed by atoms with Crippen LogP contribution in [0.2, 0.25) is 0 Å². The first-order chi connectivity index (χ1) is 13.4. The lowest BCUT2D eigenvalue weighted by Gasteiger charge is -2.06. The van der Waals surface area contributed by atoms with E-state index in [0.29, 0.717) is 32.5 Å². The number of aromatic hydroxyl groups is 2. The van der Waals surface area contributed by atoms with Crippen LogP contribution in [0.5, 0.6) is 11.5 Å². The van der Waals surface area contributed by atoms with Gasteiger partial charge in [-0.05, 0) is 33.8 Å². The molecular weight excluding hydrogens is 358 g/mol. The number of benzene rings is 4. The molecule has 4 rings (SSSR count). The fourth-order valence-corrected chi connectivity index (χ4v) is 3.06. The van der Waals surface area contributed by atoms with E-state index in [4.69, 9.17) is 20.1 Å². The Morgan fingerprint density at radius 2 is 0.750 bits per heavy atom. The molecule has 0 amide bonds. The topological polar surface area (TPSA) is 121 Å². The van der Waals surface area contributed by atoms with Crippen molar-refractivity contribution in [3.63, 3.8) is 0 Å². The van der Waals surface area contributed by atoms with E-state index < -0.39 is 14.2 Å². The maximum Gasteiger partial charge on any atom is 0.489 e. The van der Waals surface area contributed by atoms with Gasteiger partial charge in [0.05, 0.1) is 0 Å². The van der Waals surface area contributed by atoms with Gasteiger partial charge >= 0.3 is 14.2 Å². The van der Waals surface area contributed by atoms with Gasteiger partial charge in [0.1, 0.15) is 11.5 Å². The van der Waals surface area contributed by atoms with Crippen molar-refractivity contribution in [3.05, 3.63) is 72.8 Å². The van der Waals surface area contributed by atoms with E-state index in [1.54, 1.807) is 48.5 Å². The summed E-state index contributed by atoms with van der Waals surface area (Å²) >= 11 is 0. The molecule has 0 saturated heterocycles. The van der Waals surface area contributed by atoms with Crippen LogP contribution in [-0.4, -0.2) is 44.5 Å². The van der Waals surface area contributed by atoms with E-state index >= 15 is 0 Å². The standard InChI is InChI=1S/2C10H9BO3/c2*12-10-6-5-9(11(13)14)7-3-1-2-4-8(7)10/h2*1-6,12-14H. The summed E-state index contributed by atoms with van der Waals surface area (Å²) in [6, 6.07) is 20.0. The van der Waals surface area contributed by atoms with Crippen LogP contribution in [0.25, 0.3) is 21.5 Å². The van der Waals surface area contributed by atoms with Crippen LogP contribution in [0.4, 0.5) is 0 Å². The Balaban J connectivity index is 0.000000161. The van der Waals surface area contributed by atoms with Crippen LogP contribution in [0.1, 0.15) is 0 Å². The zero-order valence-electron chi connectivity index (χ0n) is 14.8. The van der Waals surface area contributed by atoms with Crippen molar-refractivity contribution in [2.45, 2.75) is 0 Å². The Kier molecular flexibility index (Phi) is 5.87. The summed E-state index contributed by atoms with van der Waals surface area (Å²) < 4.78 is 0. The fraction of sp³-hybridized carbons (Fsp3) is 0. The monoisotopic (exact) mass is 376 g/mol. The molecular formula is C20H18B2O6. The molecule has 0 unspecified atom stereocenters. The zero-order chi connectivity index (χ0) is 20.3. The van der Waals surface area contributed by atoms with Crippen molar-refractivity contribution in [1.29, 1.82) is 0 Å². The largest absolute Gasteiger partial charge is 0.507 e. The SMILES string of the molecule is OB(O)c1ccc(O)c2ccccc12.OB(O)c1ccc(O)c2ccccc12. The molecule has 0 bridgehead atoms.